The van der Waals surface area contributed by atoms with E-state index in [1.165, 1.54) is 13.2 Å². The van der Waals surface area contributed by atoms with Gasteiger partial charge in [0.05, 0.1) is 25.2 Å². The summed E-state index contributed by atoms with van der Waals surface area (Å²) < 4.78 is 28.5. The van der Waals surface area contributed by atoms with E-state index in [2.05, 4.69) is 11.7 Å². The summed E-state index contributed by atoms with van der Waals surface area (Å²) >= 11 is 0. The van der Waals surface area contributed by atoms with Gasteiger partial charge in [0.25, 0.3) is 0 Å². The summed E-state index contributed by atoms with van der Waals surface area (Å²) in [6.45, 7) is 2.07. The van der Waals surface area contributed by atoms with Crippen molar-refractivity contribution in [1.82, 2.24) is 0 Å². The van der Waals surface area contributed by atoms with E-state index >= 15 is 0 Å². The molecule has 0 amide bonds. The largest absolute Gasteiger partial charge is 0.469 e. The number of esters is 1. The number of ketones is 1. The normalized spacial score (nSPS) is 21.6. The number of carbonyl (C=O) groups excluding carboxylic acids is 2. The van der Waals surface area contributed by atoms with Crippen molar-refractivity contribution in [2.45, 2.75) is 76.9 Å². The number of Topliss-reactive ketones (excluding diaryl/α,β-unsaturated/α-hetero) is 1. The number of aliphatic hydroxyl groups is 2. The average Bonchev–Trinajstić information content (AvgIpc) is 3.02. The molecule has 0 bridgehead atoms. The molecular weight excluding hydrogens is 408 g/mol. The molecule has 30 heavy (non-hydrogen) atoms. The molecule has 0 aliphatic heterocycles. The molecule has 0 heterocycles. The molecule has 4 atom stereocenters. The fourth-order valence-corrected chi connectivity index (χ4v) is 4.56. The maximum atomic E-state index is 12.7. The van der Waals surface area contributed by atoms with Gasteiger partial charge >= 0.3 is 5.97 Å². The lowest BCUT2D eigenvalue weighted by atomic mass is 9.86. The lowest BCUT2D eigenvalue weighted by Crippen LogP contribution is -2.31. The fourth-order valence-electron chi connectivity index (χ4n) is 3.65. The third kappa shape index (κ3) is 8.70. The first-order valence-electron chi connectivity index (χ1n) is 10.7. The molecule has 7 nitrogen and oxygen atoms in total. The zero-order chi connectivity index (χ0) is 22.7. The van der Waals surface area contributed by atoms with Crippen LogP contribution < -0.4 is 0 Å². The maximum Gasteiger partial charge on any atom is 0.305 e. The number of ether oxygens (including phenoxy) is 1. The lowest BCUT2D eigenvalue weighted by Gasteiger charge is -2.22. The SMILES string of the molecule is CCCCCC(O)C=CC1C=C(S(C)(=O)=O)C(=O)C1C(O)CCCCCC(=O)OC. The molecule has 1 aliphatic carbocycles. The minimum absolute atomic E-state index is 0.271. The van der Waals surface area contributed by atoms with Crippen molar-refractivity contribution in [1.29, 1.82) is 0 Å². The molecular formula is C22H36O7S. The van der Waals surface area contributed by atoms with Crippen molar-refractivity contribution >= 4 is 21.6 Å². The highest BCUT2D eigenvalue weighted by atomic mass is 32.2. The van der Waals surface area contributed by atoms with Crippen LogP contribution in [0.2, 0.25) is 0 Å². The van der Waals surface area contributed by atoms with E-state index in [4.69, 9.17) is 0 Å². The van der Waals surface area contributed by atoms with Gasteiger partial charge in [-0.05, 0) is 19.3 Å². The second-order valence-corrected chi connectivity index (χ2v) is 9.95. The Hall–Kier alpha value is -1.51. The summed E-state index contributed by atoms with van der Waals surface area (Å²) in [5.74, 6) is -2.32. The smallest absolute Gasteiger partial charge is 0.305 e. The van der Waals surface area contributed by atoms with Gasteiger partial charge in [-0.1, -0.05) is 57.3 Å². The predicted molar refractivity (Wildman–Crippen MR) is 115 cm³/mol. The van der Waals surface area contributed by atoms with E-state index in [-0.39, 0.29) is 10.9 Å². The number of hydrogen-bond acceptors (Lipinski definition) is 7. The predicted octanol–water partition coefficient (Wildman–Crippen LogP) is 2.71. The van der Waals surface area contributed by atoms with Crippen LogP contribution in [0.3, 0.4) is 0 Å². The van der Waals surface area contributed by atoms with Gasteiger partial charge in [-0.15, -0.1) is 0 Å². The van der Waals surface area contributed by atoms with Crippen molar-refractivity contribution < 1.29 is 33.0 Å². The van der Waals surface area contributed by atoms with E-state index in [0.29, 0.717) is 38.5 Å². The molecule has 0 radical (unpaired) electrons. The zero-order valence-electron chi connectivity index (χ0n) is 18.2. The molecule has 172 valence electrons. The van der Waals surface area contributed by atoms with E-state index in [1.54, 1.807) is 12.2 Å². The van der Waals surface area contributed by atoms with Gasteiger partial charge in [-0.25, -0.2) is 8.42 Å². The summed E-state index contributed by atoms with van der Waals surface area (Å²) in [5, 5.41) is 20.7. The molecule has 2 N–H and O–H groups in total. The molecule has 0 aromatic carbocycles. The number of hydrogen-bond donors (Lipinski definition) is 2. The van der Waals surface area contributed by atoms with Crippen molar-refractivity contribution in [3.63, 3.8) is 0 Å². The van der Waals surface area contributed by atoms with Gasteiger partial charge in [0, 0.05) is 18.6 Å². The monoisotopic (exact) mass is 444 g/mol. The average molecular weight is 445 g/mol. The van der Waals surface area contributed by atoms with Crippen LogP contribution in [0.15, 0.2) is 23.1 Å². The zero-order valence-corrected chi connectivity index (χ0v) is 19.1. The highest BCUT2D eigenvalue weighted by molar-refractivity contribution is 7.95. The standard InChI is InChI=1S/C22H36O7S/c1-4-5-7-10-17(23)14-13-16-15-19(30(3,27)28)22(26)21(16)18(24)11-8-6-9-12-20(25)29-2/h13-18,21,23-24H,4-12H2,1-3H3. The molecule has 0 spiro atoms. The fraction of sp³-hybridized carbons (Fsp3) is 0.727. The van der Waals surface area contributed by atoms with E-state index < -0.39 is 39.7 Å². The van der Waals surface area contributed by atoms with Crippen molar-refractivity contribution in [2.75, 3.05) is 13.4 Å². The number of carbonyl (C=O) groups is 2. The highest BCUT2D eigenvalue weighted by Crippen LogP contribution is 2.35. The second-order valence-electron chi connectivity index (χ2n) is 7.96. The molecule has 0 aromatic rings. The Bertz CT molecular complexity index is 724. The number of sulfone groups is 1. The highest BCUT2D eigenvalue weighted by Gasteiger charge is 2.42. The third-order valence-electron chi connectivity index (χ3n) is 5.39. The van der Waals surface area contributed by atoms with Crippen LogP contribution in [0.4, 0.5) is 0 Å². The number of aliphatic hydroxyl groups excluding tert-OH is 2. The van der Waals surface area contributed by atoms with Crippen LogP contribution in [-0.2, 0) is 24.2 Å². The van der Waals surface area contributed by atoms with Crippen LogP contribution in [0, 0.1) is 11.8 Å². The van der Waals surface area contributed by atoms with Crippen molar-refractivity contribution in [2.24, 2.45) is 11.8 Å². The van der Waals surface area contributed by atoms with E-state index in [1.807, 2.05) is 0 Å². The Morgan fingerprint density at radius 2 is 1.83 bits per heavy atom. The van der Waals surface area contributed by atoms with Gasteiger partial charge < -0.3 is 14.9 Å². The van der Waals surface area contributed by atoms with Crippen LogP contribution in [0.25, 0.3) is 0 Å². The van der Waals surface area contributed by atoms with Crippen LogP contribution in [0.1, 0.15) is 64.7 Å². The van der Waals surface area contributed by atoms with Crippen LogP contribution >= 0.6 is 0 Å². The molecule has 4 unspecified atom stereocenters. The number of rotatable bonds is 14. The topological polar surface area (TPSA) is 118 Å². The molecule has 1 rings (SSSR count). The minimum Gasteiger partial charge on any atom is -0.469 e. The first-order valence-corrected chi connectivity index (χ1v) is 12.6. The number of allylic oxidation sites excluding steroid dienone is 3. The summed E-state index contributed by atoms with van der Waals surface area (Å²) in [7, 11) is -2.36. The third-order valence-corrected chi connectivity index (χ3v) is 6.52. The van der Waals surface area contributed by atoms with E-state index in [9.17, 15) is 28.2 Å². The Morgan fingerprint density at radius 3 is 2.43 bits per heavy atom. The molecule has 1 aliphatic rings. The number of unbranched alkanes of at least 4 members (excludes halogenated alkanes) is 4. The van der Waals surface area contributed by atoms with E-state index in [0.717, 1.165) is 25.5 Å². The Balaban J connectivity index is 2.76. The summed E-state index contributed by atoms with van der Waals surface area (Å²) in [6, 6.07) is 0. The number of methoxy groups -OCH3 is 1. The maximum absolute atomic E-state index is 12.7. The van der Waals surface area contributed by atoms with Gasteiger partial charge in [0.15, 0.2) is 15.6 Å². The molecule has 8 heteroatoms. The first kappa shape index (κ1) is 26.5. The second kappa shape index (κ2) is 13.0. The molecule has 0 fully saturated rings. The Kier molecular flexibility index (Phi) is 11.5. The summed E-state index contributed by atoms with van der Waals surface area (Å²) in [6.07, 6.45) is 10.0. The quantitative estimate of drug-likeness (QED) is 0.240. The Morgan fingerprint density at radius 1 is 1.17 bits per heavy atom. The van der Waals surface area contributed by atoms with Crippen molar-refractivity contribution in [3.8, 4) is 0 Å². The van der Waals surface area contributed by atoms with Gasteiger partial charge in [-0.2, -0.15) is 0 Å². The van der Waals surface area contributed by atoms with Crippen LogP contribution in [0.5, 0.6) is 0 Å². The Labute approximate surface area is 180 Å². The summed E-state index contributed by atoms with van der Waals surface area (Å²) in [5.41, 5.74) is 0. The summed E-state index contributed by atoms with van der Waals surface area (Å²) in [4.78, 5) is 23.6. The van der Waals surface area contributed by atoms with Gasteiger partial charge in [0.1, 0.15) is 4.91 Å². The van der Waals surface area contributed by atoms with Crippen molar-refractivity contribution in [3.05, 3.63) is 23.1 Å². The lowest BCUT2D eigenvalue weighted by molar-refractivity contribution is -0.140. The minimum atomic E-state index is -3.70. The molecule has 0 saturated carbocycles. The van der Waals surface area contributed by atoms with Gasteiger partial charge in [-0.3, -0.25) is 9.59 Å². The molecule has 0 saturated heterocycles. The van der Waals surface area contributed by atoms with Crippen LogP contribution in [-0.4, -0.2) is 56.0 Å². The molecule has 0 aromatic heterocycles. The van der Waals surface area contributed by atoms with Gasteiger partial charge in [0.2, 0.25) is 0 Å². The first-order chi connectivity index (χ1) is 14.1.